The predicted octanol–water partition coefficient (Wildman–Crippen LogP) is 2.65. The van der Waals surface area contributed by atoms with Crippen LogP contribution in [0.3, 0.4) is 0 Å². The van der Waals surface area contributed by atoms with Crippen LogP contribution < -0.4 is 9.64 Å². The maximum Gasteiger partial charge on any atom is 0.169 e. The lowest BCUT2D eigenvalue weighted by molar-refractivity contribution is 0.251. The standard InChI is InChI=1S/C12H14N2O/c1-7-6-10-12(14(3)8(2)15-10)9-4-5-13-11(7)9/h4-6,8,13H,1-3H3. The number of nitrogens with zero attached hydrogens (tertiary/aromatic N) is 1. The average Bonchev–Trinajstić information content (AvgIpc) is 2.74. The third kappa shape index (κ3) is 1.00. The van der Waals surface area contributed by atoms with Crippen LogP contribution in [0.1, 0.15) is 12.5 Å². The minimum Gasteiger partial charge on any atom is -0.469 e. The molecule has 0 saturated carbocycles. The number of ether oxygens (including phenoxy) is 1. The molecule has 1 aliphatic rings. The van der Waals surface area contributed by atoms with E-state index in [9.17, 15) is 0 Å². The highest BCUT2D eigenvalue weighted by Gasteiger charge is 2.27. The van der Waals surface area contributed by atoms with Crippen LogP contribution >= 0.6 is 0 Å². The van der Waals surface area contributed by atoms with Crippen LogP contribution in [0.15, 0.2) is 18.3 Å². The highest BCUT2D eigenvalue weighted by atomic mass is 16.5. The molecule has 3 nitrogen and oxygen atoms in total. The third-order valence-corrected chi connectivity index (χ3v) is 3.17. The molecule has 0 fully saturated rings. The van der Waals surface area contributed by atoms with Crippen molar-refractivity contribution in [2.75, 3.05) is 11.9 Å². The van der Waals surface area contributed by atoms with Crippen molar-refractivity contribution in [2.24, 2.45) is 0 Å². The minimum absolute atomic E-state index is 0.125. The molecular weight excluding hydrogens is 188 g/mol. The maximum absolute atomic E-state index is 5.79. The summed E-state index contributed by atoms with van der Waals surface area (Å²) in [5.41, 5.74) is 3.64. The van der Waals surface area contributed by atoms with Crippen molar-refractivity contribution in [1.82, 2.24) is 4.98 Å². The molecular formula is C12H14N2O. The van der Waals surface area contributed by atoms with Gasteiger partial charge in [0.25, 0.3) is 0 Å². The number of hydrogen-bond donors (Lipinski definition) is 1. The molecule has 2 heterocycles. The molecule has 1 aliphatic heterocycles. The van der Waals surface area contributed by atoms with Crippen molar-refractivity contribution in [3.8, 4) is 5.75 Å². The zero-order chi connectivity index (χ0) is 10.6. The molecule has 0 bridgehead atoms. The van der Waals surface area contributed by atoms with Crippen molar-refractivity contribution < 1.29 is 4.74 Å². The van der Waals surface area contributed by atoms with E-state index in [1.54, 1.807) is 0 Å². The number of hydrogen-bond acceptors (Lipinski definition) is 2. The van der Waals surface area contributed by atoms with E-state index in [1.165, 1.54) is 22.2 Å². The number of nitrogens with one attached hydrogen (secondary N) is 1. The second-order valence-corrected chi connectivity index (χ2v) is 4.13. The molecule has 1 atom stereocenters. The second kappa shape index (κ2) is 2.69. The summed E-state index contributed by atoms with van der Waals surface area (Å²) in [4.78, 5) is 5.44. The molecule has 0 aliphatic carbocycles. The number of aromatic nitrogens is 1. The number of benzene rings is 1. The van der Waals surface area contributed by atoms with Crippen LogP contribution in [0.2, 0.25) is 0 Å². The van der Waals surface area contributed by atoms with Crippen LogP contribution in [-0.4, -0.2) is 18.3 Å². The van der Waals surface area contributed by atoms with E-state index < -0.39 is 0 Å². The molecule has 78 valence electrons. The number of aryl methyl sites for hydroxylation is 1. The van der Waals surface area contributed by atoms with E-state index in [-0.39, 0.29) is 6.23 Å². The van der Waals surface area contributed by atoms with Gasteiger partial charge in [-0.2, -0.15) is 0 Å². The van der Waals surface area contributed by atoms with Gasteiger partial charge in [-0.1, -0.05) is 0 Å². The van der Waals surface area contributed by atoms with Gasteiger partial charge >= 0.3 is 0 Å². The number of fused-ring (bicyclic) bond motifs is 3. The van der Waals surface area contributed by atoms with Gasteiger partial charge in [-0.25, -0.2) is 0 Å². The summed E-state index contributed by atoms with van der Waals surface area (Å²) in [5, 5.41) is 1.25. The lowest BCUT2D eigenvalue weighted by Crippen LogP contribution is -2.27. The van der Waals surface area contributed by atoms with Gasteiger partial charge in [0.05, 0.1) is 11.2 Å². The van der Waals surface area contributed by atoms with Gasteiger partial charge in [0.15, 0.2) is 6.23 Å². The van der Waals surface area contributed by atoms with E-state index in [1.807, 2.05) is 6.20 Å². The summed E-state index contributed by atoms with van der Waals surface area (Å²) >= 11 is 0. The summed E-state index contributed by atoms with van der Waals surface area (Å²) in [5.74, 6) is 0.995. The van der Waals surface area contributed by atoms with Gasteiger partial charge < -0.3 is 14.6 Å². The summed E-state index contributed by atoms with van der Waals surface area (Å²) < 4.78 is 5.79. The van der Waals surface area contributed by atoms with Crippen molar-refractivity contribution in [3.05, 3.63) is 23.9 Å². The molecule has 1 aromatic carbocycles. The number of rotatable bonds is 0. The molecule has 15 heavy (non-hydrogen) atoms. The first-order valence-corrected chi connectivity index (χ1v) is 5.18. The number of aromatic amines is 1. The van der Waals surface area contributed by atoms with Gasteiger partial charge in [-0.05, 0) is 31.5 Å². The first-order valence-electron chi connectivity index (χ1n) is 5.18. The Balaban J connectivity index is 2.39. The monoisotopic (exact) mass is 202 g/mol. The van der Waals surface area contributed by atoms with Crippen LogP contribution in [0.25, 0.3) is 10.9 Å². The van der Waals surface area contributed by atoms with E-state index in [0.29, 0.717) is 0 Å². The van der Waals surface area contributed by atoms with E-state index in [4.69, 9.17) is 4.74 Å². The van der Waals surface area contributed by atoms with Crippen molar-refractivity contribution in [3.63, 3.8) is 0 Å². The van der Waals surface area contributed by atoms with Crippen LogP contribution in [0, 0.1) is 6.92 Å². The second-order valence-electron chi connectivity index (χ2n) is 4.13. The first kappa shape index (κ1) is 8.65. The normalized spacial score (nSPS) is 19.4. The Morgan fingerprint density at radius 2 is 2.27 bits per heavy atom. The summed E-state index contributed by atoms with van der Waals surface area (Å²) in [7, 11) is 2.07. The number of anilines is 1. The average molecular weight is 202 g/mol. The topological polar surface area (TPSA) is 28.3 Å². The lowest BCUT2D eigenvalue weighted by Gasteiger charge is -2.16. The summed E-state index contributed by atoms with van der Waals surface area (Å²) in [6.07, 6.45) is 2.11. The highest BCUT2D eigenvalue weighted by Crippen LogP contribution is 2.42. The number of H-pyrrole nitrogens is 1. The van der Waals surface area contributed by atoms with Gasteiger partial charge in [-0.15, -0.1) is 0 Å². The zero-order valence-electron chi connectivity index (χ0n) is 9.16. The van der Waals surface area contributed by atoms with E-state index in [0.717, 1.165) is 5.75 Å². The van der Waals surface area contributed by atoms with Gasteiger partial charge in [0, 0.05) is 18.6 Å². The first-order chi connectivity index (χ1) is 7.18. The molecule has 0 amide bonds. The van der Waals surface area contributed by atoms with Crippen LogP contribution in [0.5, 0.6) is 5.75 Å². The third-order valence-electron chi connectivity index (χ3n) is 3.17. The van der Waals surface area contributed by atoms with Crippen molar-refractivity contribution >= 4 is 16.6 Å². The Morgan fingerprint density at radius 3 is 3.07 bits per heavy atom. The fraction of sp³-hybridized carbons (Fsp3) is 0.333. The quantitative estimate of drug-likeness (QED) is 0.711. The molecule has 1 N–H and O–H groups in total. The Kier molecular flexibility index (Phi) is 1.55. The largest absolute Gasteiger partial charge is 0.469 e. The van der Waals surface area contributed by atoms with E-state index >= 15 is 0 Å². The zero-order valence-corrected chi connectivity index (χ0v) is 9.16. The Labute approximate surface area is 88.6 Å². The Hall–Kier alpha value is -1.64. The molecule has 3 heteroatoms. The highest BCUT2D eigenvalue weighted by molar-refractivity contribution is 5.98. The predicted molar refractivity (Wildman–Crippen MR) is 61.5 cm³/mol. The summed E-state index contributed by atoms with van der Waals surface area (Å²) in [6, 6.07) is 4.22. The van der Waals surface area contributed by atoms with Gasteiger partial charge in [0.1, 0.15) is 5.75 Å². The molecule has 0 radical (unpaired) electrons. The van der Waals surface area contributed by atoms with Crippen molar-refractivity contribution in [1.29, 1.82) is 0 Å². The molecule has 0 saturated heterocycles. The Morgan fingerprint density at radius 1 is 1.47 bits per heavy atom. The van der Waals surface area contributed by atoms with Crippen molar-refractivity contribution in [2.45, 2.75) is 20.1 Å². The molecule has 1 aromatic heterocycles. The van der Waals surface area contributed by atoms with Crippen LogP contribution in [0.4, 0.5) is 5.69 Å². The smallest absolute Gasteiger partial charge is 0.169 e. The maximum atomic E-state index is 5.79. The van der Waals surface area contributed by atoms with Gasteiger partial charge in [-0.3, -0.25) is 0 Å². The van der Waals surface area contributed by atoms with Gasteiger partial charge in [0.2, 0.25) is 0 Å². The lowest BCUT2D eigenvalue weighted by atomic mass is 10.1. The SMILES string of the molecule is Cc1cc2c(c3cc[nH]c13)N(C)C(C)O2. The molecule has 2 aromatic rings. The molecule has 0 spiro atoms. The van der Waals surface area contributed by atoms with Crippen LogP contribution in [-0.2, 0) is 0 Å². The molecule has 3 rings (SSSR count). The Bertz CT molecular complexity index is 530. The molecule has 1 unspecified atom stereocenters. The fourth-order valence-electron chi connectivity index (χ4n) is 2.26. The fourth-order valence-corrected chi connectivity index (χ4v) is 2.26. The van der Waals surface area contributed by atoms with E-state index in [2.05, 4.69) is 42.9 Å². The minimum atomic E-state index is 0.125. The summed E-state index contributed by atoms with van der Waals surface area (Å²) in [6.45, 7) is 4.17.